The van der Waals surface area contributed by atoms with Crippen molar-refractivity contribution in [1.29, 1.82) is 0 Å². The predicted molar refractivity (Wildman–Crippen MR) is 71.2 cm³/mol. The van der Waals surface area contributed by atoms with E-state index in [-0.39, 0.29) is 18.1 Å². The molecule has 0 heterocycles. The molecule has 98 valence electrons. The van der Waals surface area contributed by atoms with Crippen LogP contribution >= 0.6 is 11.6 Å². The van der Waals surface area contributed by atoms with E-state index in [1.165, 1.54) is 6.92 Å². The average molecular weight is 270 g/mol. The standard InChI is InChI=1S/C13H16ClNO3/c1-3-6-18-12-5-4-10(14)8-11(12)15-13(17)7-9(2)16/h4-5,8H,3,6-7H2,1-2H3,(H,15,17). The number of hydrogen-bond acceptors (Lipinski definition) is 3. The van der Waals surface area contributed by atoms with Gasteiger partial charge in [-0.1, -0.05) is 18.5 Å². The monoisotopic (exact) mass is 269 g/mol. The number of ether oxygens (including phenoxy) is 1. The summed E-state index contributed by atoms with van der Waals surface area (Å²) in [6.07, 6.45) is 0.711. The molecular weight excluding hydrogens is 254 g/mol. The number of amides is 1. The summed E-state index contributed by atoms with van der Waals surface area (Å²) < 4.78 is 5.49. The number of benzene rings is 1. The third kappa shape index (κ3) is 4.75. The maximum Gasteiger partial charge on any atom is 0.231 e. The molecular formula is C13H16ClNO3. The fraction of sp³-hybridized carbons (Fsp3) is 0.385. The van der Waals surface area contributed by atoms with Crippen molar-refractivity contribution >= 4 is 29.0 Å². The van der Waals surface area contributed by atoms with Crippen LogP contribution in [0.5, 0.6) is 5.75 Å². The molecule has 0 bridgehead atoms. The minimum Gasteiger partial charge on any atom is -0.491 e. The minimum absolute atomic E-state index is 0.153. The average Bonchev–Trinajstić information content (AvgIpc) is 2.26. The van der Waals surface area contributed by atoms with Crippen molar-refractivity contribution in [3.63, 3.8) is 0 Å². The smallest absolute Gasteiger partial charge is 0.231 e. The van der Waals surface area contributed by atoms with Crippen LogP contribution in [0.25, 0.3) is 0 Å². The molecule has 0 fully saturated rings. The van der Waals surface area contributed by atoms with Gasteiger partial charge < -0.3 is 10.1 Å². The molecule has 0 unspecified atom stereocenters. The molecule has 0 aromatic heterocycles. The lowest BCUT2D eigenvalue weighted by Crippen LogP contribution is -2.15. The lowest BCUT2D eigenvalue weighted by atomic mass is 10.2. The summed E-state index contributed by atoms with van der Waals surface area (Å²) in [6.45, 7) is 3.91. The van der Waals surface area contributed by atoms with E-state index in [1.807, 2.05) is 6.92 Å². The van der Waals surface area contributed by atoms with Gasteiger partial charge in [-0.3, -0.25) is 9.59 Å². The van der Waals surface area contributed by atoms with Crippen molar-refractivity contribution in [1.82, 2.24) is 0 Å². The Balaban J connectivity index is 2.81. The van der Waals surface area contributed by atoms with E-state index in [0.717, 1.165) is 6.42 Å². The number of halogens is 1. The molecule has 0 atom stereocenters. The van der Waals surface area contributed by atoms with E-state index in [1.54, 1.807) is 18.2 Å². The number of carbonyl (C=O) groups excluding carboxylic acids is 2. The Morgan fingerprint density at radius 2 is 2.11 bits per heavy atom. The molecule has 0 aliphatic rings. The first-order valence-corrected chi connectivity index (χ1v) is 6.12. The number of carbonyl (C=O) groups is 2. The molecule has 0 saturated heterocycles. The topological polar surface area (TPSA) is 55.4 Å². The lowest BCUT2D eigenvalue weighted by Gasteiger charge is -2.12. The largest absolute Gasteiger partial charge is 0.491 e. The van der Waals surface area contributed by atoms with Crippen LogP contribution in [0, 0.1) is 0 Å². The van der Waals surface area contributed by atoms with Gasteiger partial charge >= 0.3 is 0 Å². The zero-order valence-electron chi connectivity index (χ0n) is 10.5. The van der Waals surface area contributed by atoms with Crippen molar-refractivity contribution < 1.29 is 14.3 Å². The van der Waals surface area contributed by atoms with Gasteiger partial charge in [-0.2, -0.15) is 0 Å². The Kier molecular flexibility index (Phi) is 5.65. The number of ketones is 1. The Bertz CT molecular complexity index is 446. The molecule has 18 heavy (non-hydrogen) atoms. The van der Waals surface area contributed by atoms with Crippen molar-refractivity contribution in [2.24, 2.45) is 0 Å². The molecule has 0 spiro atoms. The van der Waals surface area contributed by atoms with Crippen LogP contribution in [0.2, 0.25) is 5.02 Å². The maximum absolute atomic E-state index is 11.5. The van der Waals surface area contributed by atoms with Crippen molar-refractivity contribution in [3.8, 4) is 5.75 Å². The maximum atomic E-state index is 11.5. The molecule has 0 aliphatic carbocycles. The van der Waals surface area contributed by atoms with E-state index in [4.69, 9.17) is 16.3 Å². The molecule has 0 saturated carbocycles. The highest BCUT2D eigenvalue weighted by atomic mass is 35.5. The Morgan fingerprint density at radius 3 is 2.72 bits per heavy atom. The summed E-state index contributed by atoms with van der Waals surface area (Å²) in [5.41, 5.74) is 0.488. The zero-order chi connectivity index (χ0) is 13.5. The first kappa shape index (κ1) is 14.5. The van der Waals surface area contributed by atoms with Crippen LogP contribution in [-0.4, -0.2) is 18.3 Å². The molecule has 1 aromatic rings. The number of anilines is 1. The highest BCUT2D eigenvalue weighted by Gasteiger charge is 2.10. The van der Waals surface area contributed by atoms with Gasteiger partial charge in [0.05, 0.1) is 18.7 Å². The highest BCUT2D eigenvalue weighted by molar-refractivity contribution is 6.31. The molecule has 0 aliphatic heterocycles. The molecule has 1 amide bonds. The normalized spacial score (nSPS) is 9.94. The minimum atomic E-state index is -0.369. The van der Waals surface area contributed by atoms with Gasteiger partial charge in [-0.25, -0.2) is 0 Å². The molecule has 4 nitrogen and oxygen atoms in total. The Hall–Kier alpha value is -1.55. The molecule has 1 N–H and O–H groups in total. The first-order valence-electron chi connectivity index (χ1n) is 5.74. The number of hydrogen-bond donors (Lipinski definition) is 1. The second kappa shape index (κ2) is 7.01. The summed E-state index contributed by atoms with van der Waals surface area (Å²) in [5.74, 6) is -0.00479. The fourth-order valence-corrected chi connectivity index (χ4v) is 1.53. The van der Waals surface area contributed by atoms with E-state index < -0.39 is 0 Å². The Labute approximate surface area is 111 Å². The van der Waals surface area contributed by atoms with Gasteiger partial charge in [0, 0.05) is 5.02 Å². The zero-order valence-corrected chi connectivity index (χ0v) is 11.2. The van der Waals surface area contributed by atoms with Crippen LogP contribution in [0.15, 0.2) is 18.2 Å². The van der Waals surface area contributed by atoms with E-state index in [2.05, 4.69) is 5.32 Å². The van der Waals surface area contributed by atoms with Crippen molar-refractivity contribution in [3.05, 3.63) is 23.2 Å². The first-order chi connectivity index (χ1) is 8.52. The number of rotatable bonds is 6. The predicted octanol–water partition coefficient (Wildman–Crippen LogP) is 3.05. The van der Waals surface area contributed by atoms with E-state index >= 15 is 0 Å². The fourth-order valence-electron chi connectivity index (χ4n) is 1.36. The quantitative estimate of drug-likeness (QED) is 0.808. The van der Waals surface area contributed by atoms with Crippen LogP contribution < -0.4 is 10.1 Å². The lowest BCUT2D eigenvalue weighted by molar-refractivity contribution is -0.124. The van der Waals surface area contributed by atoms with Gasteiger partial charge in [0.1, 0.15) is 11.5 Å². The third-order valence-corrected chi connectivity index (χ3v) is 2.32. The molecule has 5 heteroatoms. The van der Waals surface area contributed by atoms with Crippen LogP contribution in [0.1, 0.15) is 26.7 Å². The number of nitrogens with one attached hydrogen (secondary N) is 1. The van der Waals surface area contributed by atoms with Gasteiger partial charge in [-0.05, 0) is 31.5 Å². The third-order valence-electron chi connectivity index (χ3n) is 2.09. The van der Waals surface area contributed by atoms with Crippen LogP contribution in [-0.2, 0) is 9.59 Å². The summed E-state index contributed by atoms with van der Waals surface area (Å²) in [6, 6.07) is 4.99. The van der Waals surface area contributed by atoms with Crippen molar-refractivity contribution in [2.75, 3.05) is 11.9 Å². The van der Waals surface area contributed by atoms with Crippen molar-refractivity contribution in [2.45, 2.75) is 26.7 Å². The summed E-state index contributed by atoms with van der Waals surface area (Å²) in [5, 5.41) is 3.12. The molecule has 0 radical (unpaired) electrons. The number of Topliss-reactive ketones (excluding diaryl/α,β-unsaturated/α-hetero) is 1. The SMILES string of the molecule is CCCOc1ccc(Cl)cc1NC(=O)CC(C)=O. The second-order valence-electron chi connectivity index (χ2n) is 3.92. The second-order valence-corrected chi connectivity index (χ2v) is 4.35. The van der Waals surface area contributed by atoms with Gasteiger partial charge in [0.2, 0.25) is 5.91 Å². The molecule has 1 aromatic carbocycles. The van der Waals surface area contributed by atoms with Gasteiger partial charge in [-0.15, -0.1) is 0 Å². The van der Waals surface area contributed by atoms with Crippen LogP contribution in [0.4, 0.5) is 5.69 Å². The molecule has 1 rings (SSSR count). The van der Waals surface area contributed by atoms with Crippen LogP contribution in [0.3, 0.4) is 0 Å². The Morgan fingerprint density at radius 1 is 1.39 bits per heavy atom. The van der Waals surface area contributed by atoms with Gasteiger partial charge in [0.25, 0.3) is 0 Å². The summed E-state index contributed by atoms with van der Waals surface area (Å²) in [4.78, 5) is 22.4. The van der Waals surface area contributed by atoms with E-state index in [0.29, 0.717) is 23.1 Å². The summed E-state index contributed by atoms with van der Waals surface area (Å²) >= 11 is 5.87. The van der Waals surface area contributed by atoms with Gasteiger partial charge in [0.15, 0.2) is 0 Å². The van der Waals surface area contributed by atoms with E-state index in [9.17, 15) is 9.59 Å². The highest BCUT2D eigenvalue weighted by Crippen LogP contribution is 2.28. The summed E-state index contributed by atoms with van der Waals surface area (Å²) in [7, 11) is 0.